The fourth-order valence-corrected chi connectivity index (χ4v) is 6.01. The number of nitrogens with two attached hydrogens (primary N) is 1. The van der Waals surface area contributed by atoms with Gasteiger partial charge >= 0.3 is 6.18 Å². The predicted octanol–water partition coefficient (Wildman–Crippen LogP) is 7.01. The Hall–Kier alpha value is -3.05. The van der Waals surface area contributed by atoms with E-state index < -0.39 is 23.1 Å². The second-order valence-corrected chi connectivity index (χ2v) is 12.1. The molecule has 0 spiro atoms. The number of rotatable bonds is 2. The Morgan fingerprint density at radius 1 is 1.14 bits per heavy atom. The van der Waals surface area contributed by atoms with Gasteiger partial charge in [0.1, 0.15) is 5.82 Å². The van der Waals surface area contributed by atoms with Crippen LogP contribution in [-0.4, -0.2) is 5.78 Å². The molecule has 2 heterocycles. The van der Waals surface area contributed by atoms with Gasteiger partial charge in [0.05, 0.1) is 23.1 Å². The molecule has 1 atom stereocenters. The van der Waals surface area contributed by atoms with E-state index in [0.29, 0.717) is 17.7 Å². The van der Waals surface area contributed by atoms with E-state index in [9.17, 15) is 23.2 Å². The maximum atomic E-state index is 13.6. The molecule has 0 fully saturated rings. The van der Waals surface area contributed by atoms with Gasteiger partial charge in [0.15, 0.2) is 5.78 Å². The molecule has 184 valence electrons. The molecule has 1 aromatic carbocycles. The molecule has 35 heavy (non-hydrogen) atoms. The van der Waals surface area contributed by atoms with Crippen molar-refractivity contribution in [3.8, 4) is 6.07 Å². The van der Waals surface area contributed by atoms with Gasteiger partial charge in [-0.1, -0.05) is 40.7 Å². The second-order valence-electron chi connectivity index (χ2n) is 11.0. The van der Waals surface area contributed by atoms with Crippen LogP contribution in [-0.2, 0) is 16.4 Å². The molecule has 0 amide bonds. The first-order chi connectivity index (χ1) is 16.1. The van der Waals surface area contributed by atoms with E-state index >= 15 is 0 Å². The lowest BCUT2D eigenvalue weighted by Gasteiger charge is -2.43. The Morgan fingerprint density at radius 2 is 1.83 bits per heavy atom. The van der Waals surface area contributed by atoms with Crippen molar-refractivity contribution in [2.45, 2.75) is 65.0 Å². The van der Waals surface area contributed by atoms with Gasteiger partial charge in [0.2, 0.25) is 0 Å². The molecular formula is C27H28F3N3OS. The number of carbonyl (C=O) groups excluding carboxylic acids is 1. The van der Waals surface area contributed by atoms with E-state index in [-0.39, 0.29) is 34.7 Å². The average molecular weight is 500 g/mol. The van der Waals surface area contributed by atoms with Gasteiger partial charge in [-0.3, -0.25) is 9.69 Å². The average Bonchev–Trinajstić information content (AvgIpc) is 3.22. The number of carbonyl (C=O) groups is 1. The number of benzene rings is 1. The number of halogens is 3. The van der Waals surface area contributed by atoms with Crippen LogP contribution < -0.4 is 10.6 Å². The van der Waals surface area contributed by atoms with Gasteiger partial charge in [0, 0.05) is 33.1 Å². The summed E-state index contributed by atoms with van der Waals surface area (Å²) >= 11 is 1.53. The van der Waals surface area contributed by atoms with Crippen LogP contribution in [0.4, 0.5) is 18.9 Å². The van der Waals surface area contributed by atoms with E-state index in [2.05, 4.69) is 26.8 Å². The normalized spacial score (nSPS) is 20.7. The minimum Gasteiger partial charge on any atom is -0.384 e. The topological polar surface area (TPSA) is 70.1 Å². The van der Waals surface area contributed by atoms with Gasteiger partial charge in [-0.05, 0) is 47.6 Å². The first kappa shape index (κ1) is 25.1. The Morgan fingerprint density at radius 3 is 2.40 bits per heavy atom. The summed E-state index contributed by atoms with van der Waals surface area (Å²) in [6.45, 7) is 10.2. The summed E-state index contributed by atoms with van der Waals surface area (Å²) in [7, 11) is 0. The zero-order valence-corrected chi connectivity index (χ0v) is 21.2. The summed E-state index contributed by atoms with van der Waals surface area (Å²) in [5, 5.41) is 10.2. The van der Waals surface area contributed by atoms with Crippen LogP contribution in [0.5, 0.6) is 0 Å². The molecule has 0 radical (unpaired) electrons. The highest BCUT2D eigenvalue weighted by Crippen LogP contribution is 2.52. The van der Waals surface area contributed by atoms with Crippen molar-refractivity contribution in [1.82, 2.24) is 0 Å². The maximum Gasteiger partial charge on any atom is 0.416 e. The summed E-state index contributed by atoms with van der Waals surface area (Å²) in [4.78, 5) is 17.0. The van der Waals surface area contributed by atoms with Crippen molar-refractivity contribution >= 4 is 22.8 Å². The molecule has 0 saturated heterocycles. The first-order valence-electron chi connectivity index (χ1n) is 11.4. The summed E-state index contributed by atoms with van der Waals surface area (Å²) in [5.41, 5.74) is 6.59. The third-order valence-electron chi connectivity index (χ3n) is 6.46. The van der Waals surface area contributed by atoms with Crippen molar-refractivity contribution < 1.29 is 18.0 Å². The lowest BCUT2D eigenvalue weighted by atomic mass is 9.69. The quantitative estimate of drug-likeness (QED) is 0.483. The number of hydrogen-bond acceptors (Lipinski definition) is 5. The molecule has 4 rings (SSSR count). The zero-order valence-electron chi connectivity index (χ0n) is 20.4. The van der Waals surface area contributed by atoms with Crippen LogP contribution in [0.1, 0.15) is 68.7 Å². The van der Waals surface area contributed by atoms with Gasteiger partial charge in [-0.25, -0.2) is 0 Å². The molecule has 4 nitrogen and oxygen atoms in total. The van der Waals surface area contributed by atoms with Crippen molar-refractivity contribution in [3.05, 3.63) is 74.4 Å². The minimum absolute atomic E-state index is 0.0618. The van der Waals surface area contributed by atoms with E-state index in [1.54, 1.807) is 0 Å². The predicted molar refractivity (Wildman–Crippen MR) is 132 cm³/mol. The number of thiophene rings is 1. The molecule has 2 aromatic rings. The largest absolute Gasteiger partial charge is 0.416 e. The van der Waals surface area contributed by atoms with Crippen LogP contribution in [0.2, 0.25) is 0 Å². The standard InChI is InChI=1S/C27H28F3N3OS/c1-25(2,3)21-10-9-20(35-21)22-17(14-31)24(32)33(16-8-6-7-15(11-16)27(28,29)30)18-12-26(4,5)13-19(34)23(18)22/h6-11,22H,12-13,32H2,1-5H3/t22-/m0/s1. The second kappa shape index (κ2) is 8.27. The van der Waals surface area contributed by atoms with Crippen molar-refractivity contribution in [2.75, 3.05) is 4.90 Å². The summed E-state index contributed by atoms with van der Waals surface area (Å²) in [6, 6.07) is 11.0. The van der Waals surface area contributed by atoms with Gasteiger partial charge in [-0.15, -0.1) is 11.3 Å². The van der Waals surface area contributed by atoms with Crippen LogP contribution >= 0.6 is 11.3 Å². The number of alkyl halides is 3. The van der Waals surface area contributed by atoms with Gasteiger partial charge in [-0.2, -0.15) is 18.4 Å². The highest BCUT2D eigenvalue weighted by molar-refractivity contribution is 7.12. The van der Waals surface area contributed by atoms with Gasteiger partial charge in [0.25, 0.3) is 0 Å². The lowest BCUT2D eigenvalue weighted by molar-refractivity contribution is -0.137. The minimum atomic E-state index is -4.54. The number of nitrogens with zero attached hydrogens (tertiary/aromatic N) is 2. The molecule has 2 aliphatic rings. The Balaban J connectivity index is 1.97. The Kier molecular flexibility index (Phi) is 5.92. The highest BCUT2D eigenvalue weighted by Gasteiger charge is 2.45. The van der Waals surface area contributed by atoms with E-state index in [0.717, 1.165) is 21.9 Å². The molecule has 8 heteroatoms. The number of ketones is 1. The molecule has 0 bridgehead atoms. The summed E-state index contributed by atoms with van der Waals surface area (Å²) in [6.07, 6.45) is -3.81. The van der Waals surface area contributed by atoms with Crippen LogP contribution in [0.15, 0.2) is 59.1 Å². The molecular weight excluding hydrogens is 471 g/mol. The third-order valence-corrected chi connectivity index (χ3v) is 8.04. The Bertz CT molecular complexity index is 1300. The molecule has 1 aromatic heterocycles. The smallest absolute Gasteiger partial charge is 0.384 e. The van der Waals surface area contributed by atoms with E-state index in [1.165, 1.54) is 28.4 Å². The lowest BCUT2D eigenvalue weighted by Crippen LogP contribution is -2.42. The number of nitriles is 1. The van der Waals surface area contributed by atoms with Gasteiger partial charge < -0.3 is 5.73 Å². The molecule has 1 aliphatic heterocycles. The van der Waals surface area contributed by atoms with Crippen molar-refractivity contribution in [3.63, 3.8) is 0 Å². The molecule has 2 N–H and O–H groups in total. The fraction of sp³-hybridized carbons (Fsp3) is 0.407. The zero-order chi connectivity index (χ0) is 25.9. The third kappa shape index (κ3) is 4.50. The van der Waals surface area contributed by atoms with Crippen LogP contribution in [0.3, 0.4) is 0 Å². The number of hydrogen-bond donors (Lipinski definition) is 1. The van der Waals surface area contributed by atoms with Crippen molar-refractivity contribution in [1.29, 1.82) is 5.26 Å². The molecule has 0 unspecified atom stereocenters. The molecule has 0 saturated carbocycles. The summed E-state index contributed by atoms with van der Waals surface area (Å²) < 4.78 is 40.5. The molecule has 1 aliphatic carbocycles. The SMILES string of the molecule is CC1(C)CC(=O)C2=C(C1)N(c1cccc(C(F)(F)F)c1)C(N)=C(C#N)[C@H]2c1ccc(C(C)(C)C)s1. The monoisotopic (exact) mass is 499 g/mol. The maximum absolute atomic E-state index is 13.6. The highest BCUT2D eigenvalue weighted by atomic mass is 32.1. The number of anilines is 1. The summed E-state index contributed by atoms with van der Waals surface area (Å²) in [5.74, 6) is -0.683. The number of allylic oxidation sites excluding steroid dienone is 3. The van der Waals surface area contributed by atoms with E-state index in [4.69, 9.17) is 5.73 Å². The number of Topliss-reactive ketones (excluding diaryl/α,β-unsaturated/α-hetero) is 1. The first-order valence-corrected chi connectivity index (χ1v) is 12.2. The Labute approximate surface area is 207 Å². The van der Waals surface area contributed by atoms with Crippen LogP contribution in [0, 0.1) is 16.7 Å². The fourth-order valence-electron chi connectivity index (χ4n) is 4.82. The van der Waals surface area contributed by atoms with E-state index in [1.807, 2.05) is 26.0 Å². The van der Waals surface area contributed by atoms with Crippen LogP contribution in [0.25, 0.3) is 0 Å². The van der Waals surface area contributed by atoms with Crippen molar-refractivity contribution in [2.24, 2.45) is 11.1 Å².